The molecule has 1 N–H and O–H groups in total. The molecule has 0 aliphatic carbocycles. The number of benzene rings is 2. The van der Waals surface area contributed by atoms with Crippen LogP contribution < -0.4 is 19.5 Å². The summed E-state index contributed by atoms with van der Waals surface area (Å²) in [4.78, 5) is 11.9. The van der Waals surface area contributed by atoms with Gasteiger partial charge in [0.15, 0.2) is 11.5 Å². The van der Waals surface area contributed by atoms with Gasteiger partial charge in [0, 0.05) is 13.0 Å². The van der Waals surface area contributed by atoms with E-state index in [0.29, 0.717) is 39.2 Å². The van der Waals surface area contributed by atoms with Crippen LogP contribution in [0.1, 0.15) is 24.0 Å². The van der Waals surface area contributed by atoms with E-state index < -0.39 is 0 Å². The van der Waals surface area contributed by atoms with Gasteiger partial charge in [0.1, 0.15) is 19.0 Å². The average Bonchev–Trinajstić information content (AvgIpc) is 2.63. The first-order valence-electron chi connectivity index (χ1n) is 8.55. The first-order valence-corrected chi connectivity index (χ1v) is 8.55. The van der Waals surface area contributed by atoms with E-state index in [1.165, 1.54) is 0 Å². The van der Waals surface area contributed by atoms with Gasteiger partial charge in [-0.25, -0.2) is 0 Å². The number of hydrogen-bond donors (Lipinski definition) is 1. The molecule has 0 spiro atoms. The fourth-order valence-electron chi connectivity index (χ4n) is 2.61. The van der Waals surface area contributed by atoms with Gasteiger partial charge in [-0.2, -0.15) is 0 Å². The molecule has 2 aromatic rings. The van der Waals surface area contributed by atoms with Gasteiger partial charge in [0.05, 0.1) is 6.61 Å². The first kappa shape index (κ1) is 17.1. The van der Waals surface area contributed by atoms with Crippen LogP contribution in [0.3, 0.4) is 0 Å². The van der Waals surface area contributed by atoms with Gasteiger partial charge in [-0.1, -0.05) is 18.2 Å². The van der Waals surface area contributed by atoms with Crippen molar-refractivity contribution < 1.29 is 19.0 Å². The zero-order valence-corrected chi connectivity index (χ0v) is 14.4. The third-order valence-corrected chi connectivity index (χ3v) is 3.90. The first-order chi connectivity index (χ1) is 12.2. The Labute approximate surface area is 147 Å². The summed E-state index contributed by atoms with van der Waals surface area (Å²) in [6.07, 6.45) is 1.12. The number of hydrogen-bond acceptors (Lipinski definition) is 4. The summed E-state index contributed by atoms with van der Waals surface area (Å²) in [5.41, 5.74) is 2.16. The second-order valence-electron chi connectivity index (χ2n) is 6.02. The molecule has 1 heterocycles. The van der Waals surface area contributed by atoms with E-state index in [4.69, 9.17) is 14.2 Å². The molecule has 25 heavy (non-hydrogen) atoms. The van der Waals surface area contributed by atoms with Gasteiger partial charge in [-0.15, -0.1) is 0 Å². The Morgan fingerprint density at radius 1 is 1.12 bits per heavy atom. The highest BCUT2D eigenvalue weighted by Gasteiger charge is 2.12. The van der Waals surface area contributed by atoms with Crippen molar-refractivity contribution in [3.63, 3.8) is 0 Å². The van der Waals surface area contributed by atoms with Crippen molar-refractivity contribution in [2.24, 2.45) is 0 Å². The molecule has 0 aromatic heterocycles. The highest BCUT2D eigenvalue weighted by Crippen LogP contribution is 2.30. The number of carbonyl (C=O) groups is 1. The molecular weight excluding hydrogens is 318 g/mol. The Morgan fingerprint density at radius 3 is 2.80 bits per heavy atom. The monoisotopic (exact) mass is 341 g/mol. The molecule has 5 heteroatoms. The quantitative estimate of drug-likeness (QED) is 0.786. The second kappa shape index (κ2) is 8.42. The minimum Gasteiger partial charge on any atom is -0.494 e. The Bertz CT molecular complexity index is 729. The van der Waals surface area contributed by atoms with Gasteiger partial charge in [-0.3, -0.25) is 4.79 Å². The molecular formula is C20H23NO4. The van der Waals surface area contributed by atoms with Gasteiger partial charge in [0.25, 0.3) is 0 Å². The maximum absolute atomic E-state index is 11.9. The van der Waals surface area contributed by atoms with Crippen LogP contribution in [-0.4, -0.2) is 25.7 Å². The van der Waals surface area contributed by atoms with E-state index in [-0.39, 0.29) is 5.91 Å². The summed E-state index contributed by atoms with van der Waals surface area (Å²) in [7, 11) is 0. The van der Waals surface area contributed by atoms with Crippen molar-refractivity contribution in [1.82, 2.24) is 5.32 Å². The molecule has 0 bridgehead atoms. The van der Waals surface area contributed by atoms with E-state index >= 15 is 0 Å². The lowest BCUT2D eigenvalue weighted by atomic mass is 10.2. The Hall–Kier alpha value is -2.69. The molecule has 0 atom stereocenters. The number of carbonyl (C=O) groups excluding carboxylic acids is 1. The smallest absolute Gasteiger partial charge is 0.220 e. The summed E-state index contributed by atoms with van der Waals surface area (Å²) in [6, 6.07) is 13.6. The largest absolute Gasteiger partial charge is 0.494 e. The molecule has 0 saturated carbocycles. The number of rotatable bonds is 7. The zero-order chi connectivity index (χ0) is 17.5. The van der Waals surface area contributed by atoms with Gasteiger partial charge in [-0.05, 0) is 48.7 Å². The third kappa shape index (κ3) is 5.14. The second-order valence-corrected chi connectivity index (χ2v) is 6.02. The van der Waals surface area contributed by atoms with Crippen LogP contribution in [0.25, 0.3) is 0 Å². The molecule has 0 saturated heterocycles. The van der Waals surface area contributed by atoms with Crippen LogP contribution >= 0.6 is 0 Å². The van der Waals surface area contributed by atoms with Crippen molar-refractivity contribution in [2.45, 2.75) is 26.3 Å². The Kier molecular flexibility index (Phi) is 5.77. The van der Waals surface area contributed by atoms with Crippen LogP contribution in [0.4, 0.5) is 0 Å². The highest BCUT2D eigenvalue weighted by atomic mass is 16.6. The lowest BCUT2D eigenvalue weighted by Crippen LogP contribution is -2.23. The molecule has 3 rings (SSSR count). The van der Waals surface area contributed by atoms with Gasteiger partial charge in [0.2, 0.25) is 5.91 Å². The fraction of sp³-hybridized carbons (Fsp3) is 0.350. The van der Waals surface area contributed by atoms with Crippen molar-refractivity contribution >= 4 is 5.91 Å². The van der Waals surface area contributed by atoms with E-state index in [1.807, 2.05) is 49.4 Å². The third-order valence-electron chi connectivity index (χ3n) is 3.90. The number of amides is 1. The molecule has 5 nitrogen and oxygen atoms in total. The summed E-state index contributed by atoms with van der Waals surface area (Å²) < 4.78 is 16.7. The summed E-state index contributed by atoms with van der Waals surface area (Å²) in [5.74, 6) is 2.36. The average molecular weight is 341 g/mol. The zero-order valence-electron chi connectivity index (χ0n) is 14.4. The molecule has 1 aliphatic heterocycles. The molecule has 1 aliphatic rings. The molecule has 132 valence electrons. The standard InChI is InChI=1S/C20H23NO4/c1-15-4-2-5-17(12-15)23-9-3-6-20(22)21-14-16-7-8-18-19(13-16)25-11-10-24-18/h2,4-5,7-8,12-13H,3,6,9-11,14H2,1H3,(H,21,22). The summed E-state index contributed by atoms with van der Waals surface area (Å²) in [6.45, 7) is 4.17. The van der Waals surface area contributed by atoms with Crippen molar-refractivity contribution in [3.8, 4) is 17.2 Å². The Morgan fingerprint density at radius 2 is 1.96 bits per heavy atom. The maximum Gasteiger partial charge on any atom is 0.220 e. The SMILES string of the molecule is Cc1cccc(OCCCC(=O)NCc2ccc3c(c2)OCCO3)c1. The predicted molar refractivity (Wildman–Crippen MR) is 95.2 cm³/mol. The van der Waals surface area contributed by atoms with Crippen molar-refractivity contribution in [2.75, 3.05) is 19.8 Å². The lowest BCUT2D eigenvalue weighted by molar-refractivity contribution is -0.121. The minimum absolute atomic E-state index is 0.0164. The molecule has 1 amide bonds. The molecule has 0 unspecified atom stereocenters. The number of aryl methyl sites for hydroxylation is 1. The van der Waals surface area contributed by atoms with Gasteiger partial charge >= 0.3 is 0 Å². The maximum atomic E-state index is 11.9. The molecule has 0 radical (unpaired) electrons. The van der Waals surface area contributed by atoms with Gasteiger partial charge < -0.3 is 19.5 Å². The minimum atomic E-state index is 0.0164. The fourth-order valence-corrected chi connectivity index (χ4v) is 2.61. The summed E-state index contributed by atoms with van der Waals surface area (Å²) in [5, 5.41) is 2.92. The van der Waals surface area contributed by atoms with Crippen LogP contribution in [-0.2, 0) is 11.3 Å². The summed E-state index contributed by atoms with van der Waals surface area (Å²) >= 11 is 0. The van der Waals surface area contributed by atoms with Crippen LogP contribution in [0.2, 0.25) is 0 Å². The van der Waals surface area contributed by atoms with E-state index in [9.17, 15) is 4.79 Å². The van der Waals surface area contributed by atoms with Crippen LogP contribution in [0.15, 0.2) is 42.5 Å². The van der Waals surface area contributed by atoms with E-state index in [0.717, 1.165) is 28.4 Å². The normalized spacial score (nSPS) is 12.5. The molecule has 2 aromatic carbocycles. The topological polar surface area (TPSA) is 56.8 Å². The van der Waals surface area contributed by atoms with Crippen LogP contribution in [0.5, 0.6) is 17.2 Å². The number of ether oxygens (including phenoxy) is 3. The highest BCUT2D eigenvalue weighted by molar-refractivity contribution is 5.75. The predicted octanol–water partition coefficient (Wildman–Crippen LogP) is 3.24. The number of fused-ring (bicyclic) bond motifs is 1. The van der Waals surface area contributed by atoms with Crippen LogP contribution in [0, 0.1) is 6.92 Å². The molecule has 0 fully saturated rings. The van der Waals surface area contributed by atoms with E-state index in [1.54, 1.807) is 0 Å². The Balaban J connectivity index is 1.37. The number of nitrogens with one attached hydrogen (secondary N) is 1. The van der Waals surface area contributed by atoms with E-state index in [2.05, 4.69) is 5.32 Å². The lowest BCUT2D eigenvalue weighted by Gasteiger charge is -2.19. The van der Waals surface area contributed by atoms with Crippen molar-refractivity contribution in [3.05, 3.63) is 53.6 Å². The van der Waals surface area contributed by atoms with Crippen molar-refractivity contribution in [1.29, 1.82) is 0 Å².